The highest BCUT2D eigenvalue weighted by molar-refractivity contribution is 6.30. The van der Waals surface area contributed by atoms with Crippen LogP contribution in [0.5, 0.6) is 0 Å². The normalized spacial score (nSPS) is 17.2. The number of anilines is 1. The Bertz CT molecular complexity index is 607. The van der Waals surface area contributed by atoms with Crippen LogP contribution in [-0.2, 0) is 6.42 Å². The summed E-state index contributed by atoms with van der Waals surface area (Å²) < 4.78 is 0. The van der Waals surface area contributed by atoms with Gasteiger partial charge >= 0.3 is 0 Å². The molecule has 2 unspecified atom stereocenters. The quantitative estimate of drug-likeness (QED) is 0.921. The number of halogens is 1. The largest absolute Gasteiger partial charge is 0.363 e. The molecule has 1 aliphatic rings. The van der Waals surface area contributed by atoms with Crippen molar-refractivity contribution in [2.75, 3.05) is 11.4 Å². The summed E-state index contributed by atoms with van der Waals surface area (Å²) in [5.41, 5.74) is 10.3. The third kappa shape index (κ3) is 2.92. The van der Waals surface area contributed by atoms with E-state index in [1.807, 2.05) is 12.1 Å². The molecule has 1 aliphatic heterocycles. The molecule has 0 amide bonds. The van der Waals surface area contributed by atoms with Crippen LogP contribution in [0.1, 0.15) is 30.5 Å². The molecule has 2 nitrogen and oxygen atoms in total. The lowest BCUT2D eigenvalue weighted by Gasteiger charge is -2.40. The van der Waals surface area contributed by atoms with Gasteiger partial charge in [0.2, 0.25) is 0 Å². The van der Waals surface area contributed by atoms with Gasteiger partial charge in [-0.25, -0.2) is 0 Å². The first-order chi connectivity index (χ1) is 10.2. The summed E-state index contributed by atoms with van der Waals surface area (Å²) in [5.74, 6) is 0. The second-order valence-electron chi connectivity index (χ2n) is 5.78. The lowest BCUT2D eigenvalue weighted by molar-refractivity contribution is 0.510. The molecule has 2 atom stereocenters. The average molecular weight is 301 g/mol. The number of aryl methyl sites for hydroxylation is 1. The number of hydrogen-bond donors (Lipinski definition) is 1. The van der Waals surface area contributed by atoms with Crippen LogP contribution >= 0.6 is 11.6 Å². The van der Waals surface area contributed by atoms with Gasteiger partial charge in [0.1, 0.15) is 0 Å². The molecule has 3 rings (SSSR count). The zero-order chi connectivity index (χ0) is 14.8. The smallest absolute Gasteiger partial charge is 0.0690 e. The van der Waals surface area contributed by atoms with Crippen LogP contribution in [0.4, 0.5) is 5.69 Å². The minimum Gasteiger partial charge on any atom is -0.363 e. The van der Waals surface area contributed by atoms with E-state index in [1.54, 1.807) is 0 Å². The molecule has 0 saturated carbocycles. The molecule has 0 aromatic heterocycles. The second-order valence-corrected chi connectivity index (χ2v) is 6.22. The predicted molar refractivity (Wildman–Crippen MR) is 90.0 cm³/mol. The lowest BCUT2D eigenvalue weighted by Crippen LogP contribution is -2.42. The number of nitrogens with zero attached hydrogens (tertiary/aromatic N) is 1. The zero-order valence-corrected chi connectivity index (χ0v) is 13.1. The Labute approximate surface area is 131 Å². The maximum absolute atomic E-state index is 6.32. The Kier molecular flexibility index (Phi) is 4.18. The van der Waals surface area contributed by atoms with Crippen molar-refractivity contribution in [2.45, 2.75) is 31.8 Å². The van der Waals surface area contributed by atoms with Gasteiger partial charge in [0.05, 0.1) is 6.04 Å². The van der Waals surface area contributed by atoms with E-state index < -0.39 is 0 Å². The van der Waals surface area contributed by atoms with Crippen LogP contribution in [0.15, 0.2) is 48.5 Å². The summed E-state index contributed by atoms with van der Waals surface area (Å²) in [5, 5.41) is 0.765. The molecule has 110 valence electrons. The molecule has 2 aromatic carbocycles. The van der Waals surface area contributed by atoms with Gasteiger partial charge in [0.25, 0.3) is 0 Å². The molecule has 3 heteroatoms. The fourth-order valence-electron chi connectivity index (χ4n) is 3.28. The van der Waals surface area contributed by atoms with Crippen molar-refractivity contribution in [3.05, 3.63) is 64.7 Å². The Balaban J connectivity index is 2.01. The topological polar surface area (TPSA) is 29.3 Å². The molecular weight excluding hydrogens is 280 g/mol. The summed E-state index contributed by atoms with van der Waals surface area (Å²) in [6, 6.07) is 17.0. The zero-order valence-electron chi connectivity index (χ0n) is 12.3. The summed E-state index contributed by atoms with van der Waals surface area (Å²) >= 11 is 6.02. The second kappa shape index (κ2) is 6.08. The first kappa shape index (κ1) is 14.4. The first-order valence-corrected chi connectivity index (χ1v) is 7.90. The number of benzene rings is 2. The van der Waals surface area contributed by atoms with E-state index in [9.17, 15) is 0 Å². The molecule has 21 heavy (non-hydrogen) atoms. The Morgan fingerprint density at radius 2 is 1.81 bits per heavy atom. The van der Waals surface area contributed by atoms with Gasteiger partial charge in [-0.2, -0.15) is 0 Å². The lowest BCUT2D eigenvalue weighted by atomic mass is 9.94. The highest BCUT2D eigenvalue weighted by Crippen LogP contribution is 2.35. The van der Waals surface area contributed by atoms with Crippen molar-refractivity contribution in [2.24, 2.45) is 5.73 Å². The van der Waals surface area contributed by atoms with Gasteiger partial charge in [0, 0.05) is 23.3 Å². The van der Waals surface area contributed by atoms with Crippen molar-refractivity contribution < 1.29 is 0 Å². The predicted octanol–water partition coefficient (Wildman–Crippen LogP) is 4.18. The summed E-state index contributed by atoms with van der Waals surface area (Å²) in [6.07, 6.45) is 2.33. The summed E-state index contributed by atoms with van der Waals surface area (Å²) in [6.45, 7) is 3.13. The monoisotopic (exact) mass is 300 g/mol. The van der Waals surface area contributed by atoms with Gasteiger partial charge in [-0.15, -0.1) is 0 Å². The number of hydrogen-bond acceptors (Lipinski definition) is 2. The fraction of sp³-hybridized carbons (Fsp3) is 0.333. The van der Waals surface area contributed by atoms with E-state index in [0.29, 0.717) is 0 Å². The molecule has 0 saturated heterocycles. The van der Waals surface area contributed by atoms with E-state index in [2.05, 4.69) is 48.2 Å². The standard InChI is InChI=1S/C18H21ClN2/c1-13(20)18(15-8-10-16(19)11-9-15)21-12-4-6-14-5-2-3-7-17(14)21/h2-3,5,7-11,13,18H,4,6,12,20H2,1H3. The van der Waals surface area contributed by atoms with Gasteiger partial charge < -0.3 is 10.6 Å². The fourth-order valence-corrected chi connectivity index (χ4v) is 3.40. The van der Waals surface area contributed by atoms with E-state index in [1.165, 1.54) is 23.2 Å². The maximum Gasteiger partial charge on any atom is 0.0690 e. The van der Waals surface area contributed by atoms with Crippen LogP contribution in [0, 0.1) is 0 Å². The number of rotatable bonds is 3. The van der Waals surface area contributed by atoms with Gasteiger partial charge in [-0.05, 0) is 49.1 Å². The molecule has 0 radical (unpaired) electrons. The number of nitrogens with two attached hydrogens (primary N) is 1. The molecule has 1 heterocycles. The minimum absolute atomic E-state index is 0.0531. The van der Waals surface area contributed by atoms with E-state index in [0.717, 1.165) is 18.0 Å². The van der Waals surface area contributed by atoms with E-state index >= 15 is 0 Å². The third-order valence-corrected chi connectivity index (χ3v) is 4.44. The molecule has 0 aliphatic carbocycles. The van der Waals surface area contributed by atoms with Crippen LogP contribution in [0.25, 0.3) is 0 Å². The van der Waals surface area contributed by atoms with Crippen molar-refractivity contribution in [3.8, 4) is 0 Å². The molecule has 0 fully saturated rings. The first-order valence-electron chi connectivity index (χ1n) is 7.52. The summed E-state index contributed by atoms with van der Waals surface area (Å²) in [4.78, 5) is 2.45. The van der Waals surface area contributed by atoms with Crippen molar-refractivity contribution in [3.63, 3.8) is 0 Å². The Hall–Kier alpha value is -1.51. The molecule has 0 bridgehead atoms. The SMILES string of the molecule is CC(N)C(c1ccc(Cl)cc1)N1CCCc2ccccc21. The van der Waals surface area contributed by atoms with Gasteiger partial charge in [0.15, 0.2) is 0 Å². The highest BCUT2D eigenvalue weighted by atomic mass is 35.5. The van der Waals surface area contributed by atoms with Gasteiger partial charge in [-0.3, -0.25) is 0 Å². The van der Waals surface area contributed by atoms with E-state index in [-0.39, 0.29) is 12.1 Å². The van der Waals surface area contributed by atoms with Crippen LogP contribution in [0.2, 0.25) is 5.02 Å². The van der Waals surface area contributed by atoms with Crippen molar-refractivity contribution in [1.29, 1.82) is 0 Å². The van der Waals surface area contributed by atoms with Crippen LogP contribution in [0.3, 0.4) is 0 Å². The highest BCUT2D eigenvalue weighted by Gasteiger charge is 2.27. The Morgan fingerprint density at radius 1 is 1.10 bits per heavy atom. The van der Waals surface area contributed by atoms with Crippen molar-refractivity contribution >= 4 is 17.3 Å². The summed E-state index contributed by atoms with van der Waals surface area (Å²) in [7, 11) is 0. The third-order valence-electron chi connectivity index (χ3n) is 4.19. The molecule has 2 aromatic rings. The van der Waals surface area contributed by atoms with Gasteiger partial charge in [-0.1, -0.05) is 41.9 Å². The maximum atomic E-state index is 6.32. The van der Waals surface area contributed by atoms with Crippen LogP contribution in [-0.4, -0.2) is 12.6 Å². The molecular formula is C18H21ClN2. The molecule has 0 spiro atoms. The van der Waals surface area contributed by atoms with Crippen LogP contribution < -0.4 is 10.6 Å². The molecule has 2 N–H and O–H groups in total. The number of para-hydroxylation sites is 1. The number of fused-ring (bicyclic) bond motifs is 1. The van der Waals surface area contributed by atoms with Crippen molar-refractivity contribution in [1.82, 2.24) is 0 Å². The minimum atomic E-state index is 0.0531. The van der Waals surface area contributed by atoms with E-state index in [4.69, 9.17) is 17.3 Å². The Morgan fingerprint density at radius 3 is 2.52 bits per heavy atom. The average Bonchev–Trinajstić information content (AvgIpc) is 2.49.